The lowest BCUT2D eigenvalue weighted by molar-refractivity contribution is 0.102. The largest absolute Gasteiger partial charge is 0.378 e. The van der Waals surface area contributed by atoms with E-state index < -0.39 is 0 Å². The summed E-state index contributed by atoms with van der Waals surface area (Å²) in [7, 11) is 1.60. The quantitative estimate of drug-likeness (QED) is 0.514. The van der Waals surface area contributed by atoms with Gasteiger partial charge >= 0.3 is 0 Å². The molecule has 0 unspecified atom stereocenters. The van der Waals surface area contributed by atoms with Gasteiger partial charge in [-0.3, -0.25) is 4.79 Å². The zero-order valence-corrected chi connectivity index (χ0v) is 17.6. The van der Waals surface area contributed by atoms with Crippen molar-refractivity contribution in [3.8, 4) is 11.1 Å². The minimum absolute atomic E-state index is 0.202. The molecule has 4 rings (SSSR count). The van der Waals surface area contributed by atoms with E-state index in [1.807, 2.05) is 49.4 Å². The molecule has 0 bridgehead atoms. The van der Waals surface area contributed by atoms with Crippen molar-refractivity contribution in [1.29, 1.82) is 0 Å². The van der Waals surface area contributed by atoms with E-state index in [2.05, 4.69) is 20.6 Å². The van der Waals surface area contributed by atoms with Crippen molar-refractivity contribution < 1.29 is 9.53 Å². The number of fused-ring (bicyclic) bond motifs is 1. The van der Waals surface area contributed by atoms with E-state index in [0.29, 0.717) is 27.7 Å². The van der Waals surface area contributed by atoms with Crippen LogP contribution in [0.4, 0.5) is 5.69 Å². The lowest BCUT2D eigenvalue weighted by Crippen LogP contribution is -2.18. The molecule has 0 aliphatic heterocycles. The number of hydrogen-bond acceptors (Lipinski definition) is 5. The number of rotatable bonds is 5. The molecule has 2 aromatic heterocycles. The van der Waals surface area contributed by atoms with Crippen LogP contribution in [0.1, 0.15) is 27.4 Å². The first kappa shape index (κ1) is 20.0. The molecule has 0 radical (unpaired) electrons. The van der Waals surface area contributed by atoms with Gasteiger partial charge in [0, 0.05) is 17.8 Å². The summed E-state index contributed by atoms with van der Waals surface area (Å²) in [6, 6.07) is 15.0. The van der Waals surface area contributed by atoms with Crippen molar-refractivity contribution in [2.75, 3.05) is 12.4 Å². The third kappa shape index (κ3) is 3.77. The summed E-state index contributed by atoms with van der Waals surface area (Å²) in [5, 5.41) is 16.6. The summed E-state index contributed by atoms with van der Waals surface area (Å²) >= 11 is 6.18. The van der Waals surface area contributed by atoms with Crippen LogP contribution < -0.4 is 5.32 Å². The molecule has 0 saturated heterocycles. The number of anilines is 1. The average Bonchev–Trinajstić information content (AvgIpc) is 3.07. The van der Waals surface area contributed by atoms with Gasteiger partial charge in [-0.1, -0.05) is 35.9 Å². The fourth-order valence-corrected chi connectivity index (χ4v) is 3.54. The topological polar surface area (TPSA) is 81.4 Å². The van der Waals surface area contributed by atoms with Crippen LogP contribution in [0.2, 0.25) is 5.02 Å². The van der Waals surface area contributed by atoms with Crippen LogP contribution in [0, 0.1) is 13.8 Å². The number of methoxy groups -OCH3 is 1. The molecule has 7 nitrogen and oxygen atoms in total. The molecular weight excluding hydrogens is 402 g/mol. The fraction of sp³-hybridized carbons (Fsp3) is 0.182. The van der Waals surface area contributed by atoms with Gasteiger partial charge in [0.2, 0.25) is 0 Å². The molecule has 2 aromatic carbocycles. The first-order valence-electron chi connectivity index (χ1n) is 9.35. The highest BCUT2D eigenvalue weighted by molar-refractivity contribution is 6.30. The molecule has 0 atom stereocenters. The van der Waals surface area contributed by atoms with Crippen molar-refractivity contribution in [2.45, 2.75) is 20.5 Å². The number of ether oxygens (including phenoxy) is 1. The third-order valence-corrected chi connectivity index (χ3v) is 4.96. The highest BCUT2D eigenvalue weighted by atomic mass is 35.5. The predicted octanol–water partition coefficient (Wildman–Crippen LogP) is 4.46. The number of carbonyl (C=O) groups is 1. The standard InChI is InChI=1S/C22H20ClN5O2/c1-13-6-4-9-17(10-13)24-22(29)20-14(2)28-21(26-25-20)19(18(27-28)12-30-3)15-7-5-8-16(23)11-15/h4-11H,12H2,1-3H3,(H,24,29). The Morgan fingerprint density at radius 2 is 1.93 bits per heavy atom. The molecule has 0 aliphatic carbocycles. The molecule has 0 saturated carbocycles. The molecule has 152 valence electrons. The molecule has 1 N–H and O–H groups in total. The van der Waals surface area contributed by atoms with E-state index in [1.165, 1.54) is 0 Å². The molecule has 2 heterocycles. The minimum Gasteiger partial charge on any atom is -0.378 e. The fourth-order valence-electron chi connectivity index (χ4n) is 3.35. The number of nitrogens with zero attached hydrogens (tertiary/aromatic N) is 4. The second kappa shape index (κ2) is 8.22. The smallest absolute Gasteiger partial charge is 0.278 e. The van der Waals surface area contributed by atoms with Gasteiger partial charge in [0.05, 0.1) is 23.6 Å². The number of nitrogens with one attached hydrogen (secondary N) is 1. The van der Waals surface area contributed by atoms with Gasteiger partial charge in [-0.15, -0.1) is 10.2 Å². The maximum atomic E-state index is 12.8. The van der Waals surface area contributed by atoms with Crippen molar-refractivity contribution in [2.24, 2.45) is 0 Å². The Labute approximate surface area is 178 Å². The molecule has 0 spiro atoms. The van der Waals surface area contributed by atoms with Crippen LogP contribution in [0.15, 0.2) is 48.5 Å². The highest BCUT2D eigenvalue weighted by Crippen LogP contribution is 2.30. The van der Waals surface area contributed by atoms with E-state index in [4.69, 9.17) is 16.3 Å². The normalized spacial score (nSPS) is 11.1. The van der Waals surface area contributed by atoms with Gasteiger partial charge in [-0.05, 0) is 49.2 Å². The van der Waals surface area contributed by atoms with Crippen molar-refractivity contribution in [3.05, 3.63) is 76.2 Å². The maximum absolute atomic E-state index is 12.8. The maximum Gasteiger partial charge on any atom is 0.278 e. The van der Waals surface area contributed by atoms with Gasteiger partial charge in [0.15, 0.2) is 11.3 Å². The summed E-state index contributed by atoms with van der Waals surface area (Å²) in [6.07, 6.45) is 0. The number of amides is 1. The molecule has 30 heavy (non-hydrogen) atoms. The highest BCUT2D eigenvalue weighted by Gasteiger charge is 2.22. The summed E-state index contributed by atoms with van der Waals surface area (Å²) < 4.78 is 6.95. The van der Waals surface area contributed by atoms with Crippen LogP contribution in [-0.4, -0.2) is 32.8 Å². The molecular formula is C22H20ClN5O2. The van der Waals surface area contributed by atoms with Gasteiger partial charge in [0.25, 0.3) is 5.91 Å². The van der Waals surface area contributed by atoms with E-state index in [9.17, 15) is 4.79 Å². The summed E-state index contributed by atoms with van der Waals surface area (Å²) in [6.45, 7) is 4.04. The van der Waals surface area contributed by atoms with Gasteiger partial charge < -0.3 is 10.1 Å². The van der Waals surface area contributed by atoms with Gasteiger partial charge in [-0.25, -0.2) is 4.52 Å². The van der Waals surface area contributed by atoms with Crippen molar-refractivity contribution >= 4 is 28.8 Å². The van der Waals surface area contributed by atoms with E-state index in [0.717, 1.165) is 16.7 Å². The Hall–Kier alpha value is -3.29. The van der Waals surface area contributed by atoms with Crippen molar-refractivity contribution in [1.82, 2.24) is 19.8 Å². The van der Waals surface area contributed by atoms with Crippen molar-refractivity contribution in [3.63, 3.8) is 0 Å². The number of carbonyl (C=O) groups excluding carboxylic acids is 1. The summed E-state index contributed by atoms with van der Waals surface area (Å²) in [5.41, 5.74) is 5.39. The Bertz CT molecular complexity index is 1250. The monoisotopic (exact) mass is 421 g/mol. The second-order valence-corrected chi connectivity index (χ2v) is 7.39. The molecule has 8 heteroatoms. The number of benzene rings is 2. The first-order valence-corrected chi connectivity index (χ1v) is 9.73. The van der Waals surface area contributed by atoms with Gasteiger partial charge in [-0.2, -0.15) is 5.10 Å². The molecule has 4 aromatic rings. The Morgan fingerprint density at radius 1 is 1.13 bits per heavy atom. The molecule has 1 amide bonds. The van der Waals surface area contributed by atoms with E-state index in [1.54, 1.807) is 24.6 Å². The number of aryl methyl sites for hydroxylation is 2. The molecule has 0 fully saturated rings. The molecule has 0 aliphatic rings. The Morgan fingerprint density at radius 3 is 2.67 bits per heavy atom. The summed E-state index contributed by atoms with van der Waals surface area (Å²) in [5.74, 6) is -0.347. The number of halogens is 1. The minimum atomic E-state index is -0.347. The first-order chi connectivity index (χ1) is 14.5. The lowest BCUT2D eigenvalue weighted by atomic mass is 10.1. The zero-order valence-electron chi connectivity index (χ0n) is 16.8. The SMILES string of the molecule is COCc1nn2c(C)c(C(=O)Nc3cccc(C)c3)nnc2c1-c1cccc(Cl)c1. The van der Waals surface area contributed by atoms with Crippen LogP contribution in [-0.2, 0) is 11.3 Å². The van der Waals surface area contributed by atoms with Crippen LogP contribution >= 0.6 is 11.6 Å². The second-order valence-electron chi connectivity index (χ2n) is 6.96. The summed E-state index contributed by atoms with van der Waals surface area (Å²) in [4.78, 5) is 12.8. The number of hydrogen-bond donors (Lipinski definition) is 1. The zero-order chi connectivity index (χ0) is 21.3. The average molecular weight is 422 g/mol. The van der Waals surface area contributed by atoms with Crippen LogP contribution in [0.5, 0.6) is 0 Å². The lowest BCUT2D eigenvalue weighted by Gasteiger charge is -2.08. The predicted molar refractivity (Wildman–Crippen MR) is 116 cm³/mol. The third-order valence-electron chi connectivity index (χ3n) is 4.72. The van der Waals surface area contributed by atoms with E-state index in [-0.39, 0.29) is 18.2 Å². The van der Waals surface area contributed by atoms with Gasteiger partial charge in [0.1, 0.15) is 0 Å². The Kier molecular flexibility index (Phi) is 5.48. The van der Waals surface area contributed by atoms with E-state index >= 15 is 0 Å². The number of aromatic nitrogens is 4. The van der Waals surface area contributed by atoms with Crippen LogP contribution in [0.25, 0.3) is 16.8 Å². The van der Waals surface area contributed by atoms with Crippen LogP contribution in [0.3, 0.4) is 0 Å². The Balaban J connectivity index is 1.80.